The van der Waals surface area contributed by atoms with Crippen LogP contribution in [0.15, 0.2) is 69.0 Å². The van der Waals surface area contributed by atoms with Gasteiger partial charge in [-0.3, -0.25) is 14.2 Å². The number of ketones is 1. The topological polar surface area (TPSA) is 52.0 Å². The highest BCUT2D eigenvalue weighted by Gasteiger charge is 2.27. The zero-order valence-corrected chi connectivity index (χ0v) is 20.7. The number of hydrogen-bond donors (Lipinski definition) is 0. The molecule has 1 atom stereocenters. The van der Waals surface area contributed by atoms with Gasteiger partial charge in [0.05, 0.1) is 16.8 Å². The molecule has 0 bridgehead atoms. The first-order chi connectivity index (χ1) is 15.5. The Morgan fingerprint density at radius 1 is 1.19 bits per heavy atom. The van der Waals surface area contributed by atoms with Gasteiger partial charge < -0.3 is 0 Å². The number of halogens is 1. The summed E-state index contributed by atoms with van der Waals surface area (Å²) in [6, 6.07) is 16.9. The minimum atomic E-state index is -0.0361. The van der Waals surface area contributed by atoms with Gasteiger partial charge in [-0.15, -0.1) is 11.3 Å². The van der Waals surface area contributed by atoms with Crippen LogP contribution in [0.3, 0.4) is 0 Å². The van der Waals surface area contributed by atoms with E-state index in [0.29, 0.717) is 16.6 Å². The lowest BCUT2D eigenvalue weighted by Crippen LogP contribution is -2.23. The van der Waals surface area contributed by atoms with Crippen molar-refractivity contribution in [3.8, 4) is 5.69 Å². The summed E-state index contributed by atoms with van der Waals surface area (Å²) in [5.74, 6) is 0.590. The quantitative estimate of drug-likeness (QED) is 0.167. The van der Waals surface area contributed by atoms with Gasteiger partial charge in [-0.1, -0.05) is 64.9 Å². The molecule has 1 aliphatic carbocycles. The SMILES string of the molecule is C[C@@H]1CCCc2sc3nc(SCC(=O)c4ccc(Br)cc4)n(-c4ccccc4)c(=O)c3c21. The largest absolute Gasteiger partial charge is 0.293 e. The molecule has 7 heteroatoms. The molecule has 0 fully saturated rings. The Balaban J connectivity index is 1.60. The van der Waals surface area contributed by atoms with Gasteiger partial charge in [0.15, 0.2) is 10.9 Å². The Morgan fingerprint density at radius 3 is 2.69 bits per heavy atom. The van der Waals surface area contributed by atoms with Crippen LogP contribution in [-0.2, 0) is 6.42 Å². The Bertz CT molecular complexity index is 1360. The number of thiophene rings is 1. The Morgan fingerprint density at radius 2 is 1.94 bits per heavy atom. The molecule has 0 unspecified atom stereocenters. The van der Waals surface area contributed by atoms with Crippen LogP contribution in [0, 0.1) is 0 Å². The summed E-state index contributed by atoms with van der Waals surface area (Å²) in [7, 11) is 0. The van der Waals surface area contributed by atoms with E-state index >= 15 is 0 Å². The van der Waals surface area contributed by atoms with E-state index in [1.165, 1.54) is 22.2 Å². The van der Waals surface area contributed by atoms with Crippen molar-refractivity contribution in [2.45, 2.75) is 37.3 Å². The van der Waals surface area contributed by atoms with Crippen molar-refractivity contribution in [3.63, 3.8) is 0 Å². The minimum absolute atomic E-state index is 0.00977. The molecule has 0 amide bonds. The number of carbonyl (C=O) groups is 1. The van der Waals surface area contributed by atoms with Crippen molar-refractivity contribution < 1.29 is 4.79 Å². The maximum Gasteiger partial charge on any atom is 0.267 e. The molecule has 0 radical (unpaired) electrons. The second kappa shape index (κ2) is 8.96. The number of rotatable bonds is 5. The minimum Gasteiger partial charge on any atom is -0.293 e. The lowest BCUT2D eigenvalue weighted by Gasteiger charge is -2.19. The Labute approximate surface area is 202 Å². The molecule has 0 aliphatic heterocycles. The first-order valence-electron chi connectivity index (χ1n) is 10.6. The molecule has 32 heavy (non-hydrogen) atoms. The van der Waals surface area contributed by atoms with Gasteiger partial charge in [0.1, 0.15) is 4.83 Å². The molecule has 2 heterocycles. The van der Waals surface area contributed by atoms with Crippen molar-refractivity contribution in [1.29, 1.82) is 0 Å². The number of aryl methyl sites for hydroxylation is 1. The summed E-state index contributed by atoms with van der Waals surface area (Å²) >= 11 is 6.36. The van der Waals surface area contributed by atoms with Crippen molar-refractivity contribution in [2.24, 2.45) is 0 Å². The summed E-state index contributed by atoms with van der Waals surface area (Å²) in [4.78, 5) is 33.6. The van der Waals surface area contributed by atoms with Gasteiger partial charge in [0.25, 0.3) is 5.56 Å². The van der Waals surface area contributed by atoms with E-state index < -0.39 is 0 Å². The van der Waals surface area contributed by atoms with Crippen molar-refractivity contribution >= 4 is 55.0 Å². The molecule has 0 saturated heterocycles. The Hall–Kier alpha value is -2.22. The summed E-state index contributed by atoms with van der Waals surface area (Å²) in [6.45, 7) is 2.20. The fourth-order valence-electron chi connectivity index (χ4n) is 4.27. The van der Waals surface area contributed by atoms with Crippen LogP contribution in [0.1, 0.15) is 46.5 Å². The predicted molar refractivity (Wildman–Crippen MR) is 136 cm³/mol. The van der Waals surface area contributed by atoms with E-state index in [1.54, 1.807) is 15.9 Å². The maximum absolute atomic E-state index is 13.8. The van der Waals surface area contributed by atoms with Gasteiger partial charge in [0, 0.05) is 14.9 Å². The zero-order chi connectivity index (χ0) is 22.2. The number of Topliss-reactive ketones (excluding diaryl/α,β-unsaturated/α-hetero) is 1. The molecule has 4 nitrogen and oxygen atoms in total. The van der Waals surface area contributed by atoms with E-state index in [2.05, 4.69) is 22.9 Å². The van der Waals surface area contributed by atoms with E-state index in [4.69, 9.17) is 4.98 Å². The molecule has 4 aromatic rings. The number of nitrogens with zero attached hydrogens (tertiary/aromatic N) is 2. The summed E-state index contributed by atoms with van der Waals surface area (Å²) in [5, 5.41) is 1.31. The monoisotopic (exact) mass is 524 g/mol. The summed E-state index contributed by atoms with van der Waals surface area (Å²) in [5.41, 5.74) is 2.57. The first kappa shape index (κ1) is 21.6. The third kappa shape index (κ3) is 3.98. The average Bonchev–Trinajstić information content (AvgIpc) is 3.18. The van der Waals surface area contributed by atoms with Crippen LogP contribution >= 0.6 is 39.0 Å². The highest BCUT2D eigenvalue weighted by Crippen LogP contribution is 2.41. The molecule has 0 spiro atoms. The second-order valence-corrected chi connectivity index (χ2v) is 10.9. The number of carbonyl (C=O) groups excluding carboxylic acids is 1. The van der Waals surface area contributed by atoms with E-state index in [9.17, 15) is 9.59 Å². The number of para-hydroxylation sites is 1. The van der Waals surface area contributed by atoms with E-state index in [1.807, 2.05) is 54.6 Å². The third-order valence-corrected chi connectivity index (χ3v) is 8.48. The zero-order valence-electron chi connectivity index (χ0n) is 17.5. The highest BCUT2D eigenvalue weighted by molar-refractivity contribution is 9.10. The molecule has 2 aromatic carbocycles. The fraction of sp³-hybridized carbons (Fsp3) is 0.240. The highest BCUT2D eigenvalue weighted by atomic mass is 79.9. The van der Waals surface area contributed by atoms with E-state index in [-0.39, 0.29) is 17.1 Å². The number of benzene rings is 2. The molecular weight excluding hydrogens is 504 g/mol. The second-order valence-electron chi connectivity index (χ2n) is 8.00. The van der Waals surface area contributed by atoms with Crippen molar-refractivity contribution in [3.05, 3.63) is 85.4 Å². The molecule has 5 rings (SSSR count). The van der Waals surface area contributed by atoms with Crippen LogP contribution in [0.4, 0.5) is 0 Å². The summed E-state index contributed by atoms with van der Waals surface area (Å²) in [6.07, 6.45) is 3.26. The predicted octanol–water partition coefficient (Wildman–Crippen LogP) is 6.62. The average molecular weight is 525 g/mol. The smallest absolute Gasteiger partial charge is 0.267 e. The van der Waals surface area contributed by atoms with Gasteiger partial charge in [-0.2, -0.15) is 0 Å². The maximum atomic E-state index is 13.8. The molecular formula is C25H21BrN2O2S2. The lowest BCUT2D eigenvalue weighted by molar-refractivity contribution is 0.102. The molecule has 0 N–H and O–H groups in total. The van der Waals surface area contributed by atoms with Crippen molar-refractivity contribution in [1.82, 2.24) is 9.55 Å². The normalized spacial score (nSPS) is 15.6. The van der Waals surface area contributed by atoms with Gasteiger partial charge in [-0.05, 0) is 55.0 Å². The number of thioether (sulfide) groups is 1. The summed E-state index contributed by atoms with van der Waals surface area (Å²) < 4.78 is 2.61. The van der Waals surface area contributed by atoms with Crippen LogP contribution in [0.5, 0.6) is 0 Å². The fourth-order valence-corrected chi connectivity index (χ4v) is 6.82. The number of aromatic nitrogens is 2. The molecule has 1 aliphatic rings. The number of fused-ring (bicyclic) bond motifs is 3. The third-order valence-electron chi connectivity index (χ3n) is 5.86. The lowest BCUT2D eigenvalue weighted by atomic mass is 9.88. The molecule has 162 valence electrons. The van der Waals surface area contributed by atoms with Crippen LogP contribution < -0.4 is 5.56 Å². The van der Waals surface area contributed by atoms with Crippen molar-refractivity contribution in [2.75, 3.05) is 5.75 Å². The molecule has 2 aromatic heterocycles. The van der Waals surface area contributed by atoms with Gasteiger partial charge >= 0.3 is 0 Å². The first-order valence-corrected chi connectivity index (χ1v) is 13.2. The van der Waals surface area contributed by atoms with Gasteiger partial charge in [-0.25, -0.2) is 4.98 Å². The van der Waals surface area contributed by atoms with Crippen LogP contribution in [0.2, 0.25) is 0 Å². The Kier molecular flexibility index (Phi) is 6.05. The number of hydrogen-bond acceptors (Lipinski definition) is 5. The van der Waals surface area contributed by atoms with Crippen LogP contribution in [0.25, 0.3) is 15.9 Å². The standard InChI is InChI=1S/C25H21BrN2O2S2/c1-15-6-5-9-20-21(15)22-23(32-20)27-25(28(24(22)30)18-7-3-2-4-8-18)31-14-19(29)16-10-12-17(26)13-11-16/h2-4,7-8,10-13,15H,5-6,9,14H2,1H3/t15-/m1/s1. The van der Waals surface area contributed by atoms with Crippen LogP contribution in [-0.4, -0.2) is 21.1 Å². The van der Waals surface area contributed by atoms with E-state index in [0.717, 1.165) is 39.6 Å². The van der Waals surface area contributed by atoms with Gasteiger partial charge in [0.2, 0.25) is 0 Å². The molecule has 0 saturated carbocycles.